The lowest BCUT2D eigenvalue weighted by atomic mass is 10.2. The van der Waals surface area contributed by atoms with Crippen LogP contribution in [0.4, 0.5) is 5.69 Å². The van der Waals surface area contributed by atoms with Crippen LogP contribution in [0.15, 0.2) is 46.5 Å². The van der Waals surface area contributed by atoms with Crippen LogP contribution in [-0.4, -0.2) is 26.1 Å². The minimum Gasteiger partial charge on any atom is -0.321 e. The summed E-state index contributed by atoms with van der Waals surface area (Å²) in [7, 11) is 0. The van der Waals surface area contributed by atoms with Crippen molar-refractivity contribution in [2.45, 2.75) is 42.7 Å². The number of H-pyrrole nitrogens is 1. The Kier molecular flexibility index (Phi) is 4.46. The Morgan fingerprint density at radius 3 is 2.46 bits per heavy atom. The van der Waals surface area contributed by atoms with Crippen molar-refractivity contribution in [3.8, 4) is 0 Å². The molecule has 2 aromatic heterocycles. The van der Waals surface area contributed by atoms with Gasteiger partial charge in [-0.1, -0.05) is 0 Å². The second kappa shape index (κ2) is 6.92. The number of carbonyl (C=O) groups is 1. The van der Waals surface area contributed by atoms with E-state index in [4.69, 9.17) is 0 Å². The van der Waals surface area contributed by atoms with Crippen molar-refractivity contribution >= 4 is 23.4 Å². The molecular formula is C19H19N5OS. The van der Waals surface area contributed by atoms with E-state index >= 15 is 0 Å². The van der Waals surface area contributed by atoms with Crippen LogP contribution >= 0.6 is 11.8 Å². The van der Waals surface area contributed by atoms with Crippen LogP contribution in [0.5, 0.6) is 0 Å². The van der Waals surface area contributed by atoms with Crippen LogP contribution in [0.3, 0.4) is 0 Å². The number of nitrogens with zero attached hydrogens (tertiary/aromatic N) is 3. The molecular weight excluding hydrogens is 346 g/mol. The number of aromatic amines is 1. The quantitative estimate of drug-likeness (QED) is 0.665. The molecule has 0 saturated heterocycles. The smallest absolute Gasteiger partial charge is 0.276 e. The predicted octanol–water partition coefficient (Wildman–Crippen LogP) is 4.10. The average Bonchev–Trinajstić information content (AvgIpc) is 3.32. The number of anilines is 1. The Balaban J connectivity index is 1.41. The monoisotopic (exact) mass is 365 g/mol. The Bertz CT molecular complexity index is 927. The normalized spacial score (nSPS) is 13.6. The molecule has 0 unspecified atom stereocenters. The molecule has 7 heteroatoms. The van der Waals surface area contributed by atoms with Gasteiger partial charge in [0, 0.05) is 33.6 Å². The van der Waals surface area contributed by atoms with Crippen molar-refractivity contribution in [3.05, 3.63) is 59.2 Å². The molecule has 4 rings (SSSR count). The Hall–Kier alpha value is -2.67. The van der Waals surface area contributed by atoms with E-state index in [0.717, 1.165) is 32.8 Å². The first kappa shape index (κ1) is 16.8. The standard InChI is InChI=1S/C19H19N5OS/c1-11-9-12(2)21-19(20-11)26-15-7-5-14(6-8-15)22-18(25)17-10-16(23-24-17)13-3-4-13/h5-10,13H,3-4H2,1-2H3,(H,22,25)(H,23,24). The van der Waals surface area contributed by atoms with Crippen LogP contribution in [0.2, 0.25) is 0 Å². The first-order valence-electron chi connectivity index (χ1n) is 8.54. The molecule has 132 valence electrons. The predicted molar refractivity (Wildman–Crippen MR) is 101 cm³/mol. The highest BCUT2D eigenvalue weighted by Crippen LogP contribution is 2.39. The van der Waals surface area contributed by atoms with E-state index in [1.54, 1.807) is 0 Å². The molecule has 3 aromatic rings. The van der Waals surface area contributed by atoms with E-state index in [9.17, 15) is 4.79 Å². The van der Waals surface area contributed by atoms with E-state index in [1.165, 1.54) is 24.6 Å². The zero-order valence-corrected chi connectivity index (χ0v) is 15.4. The zero-order chi connectivity index (χ0) is 18.1. The van der Waals surface area contributed by atoms with Crippen molar-refractivity contribution in [2.75, 3.05) is 5.32 Å². The highest BCUT2D eigenvalue weighted by atomic mass is 32.2. The Morgan fingerprint density at radius 2 is 1.81 bits per heavy atom. The molecule has 1 amide bonds. The molecule has 6 nitrogen and oxygen atoms in total. The van der Waals surface area contributed by atoms with Crippen LogP contribution in [-0.2, 0) is 0 Å². The molecule has 1 aliphatic carbocycles. The fourth-order valence-corrected chi connectivity index (χ4v) is 3.56. The minimum absolute atomic E-state index is 0.203. The summed E-state index contributed by atoms with van der Waals surface area (Å²) in [5.41, 5.74) is 4.11. The number of nitrogens with one attached hydrogen (secondary N) is 2. The number of amides is 1. The molecule has 2 heterocycles. The van der Waals surface area contributed by atoms with Crippen molar-refractivity contribution in [1.82, 2.24) is 20.2 Å². The van der Waals surface area contributed by atoms with Gasteiger partial charge in [0.25, 0.3) is 5.91 Å². The molecule has 1 aliphatic rings. The summed E-state index contributed by atoms with van der Waals surface area (Å²) in [5.74, 6) is 0.346. The fraction of sp³-hybridized carbons (Fsp3) is 0.263. The van der Waals surface area contributed by atoms with Gasteiger partial charge in [-0.25, -0.2) is 9.97 Å². The average molecular weight is 365 g/mol. The number of aryl methyl sites for hydroxylation is 2. The third-order valence-corrected chi connectivity index (χ3v) is 5.00. The SMILES string of the molecule is Cc1cc(C)nc(Sc2ccc(NC(=O)c3cc(C4CC4)[nH]n3)cc2)n1. The van der Waals surface area contributed by atoms with Gasteiger partial charge < -0.3 is 5.32 Å². The largest absolute Gasteiger partial charge is 0.321 e. The number of carbonyl (C=O) groups excluding carboxylic acids is 1. The Morgan fingerprint density at radius 1 is 1.12 bits per heavy atom. The van der Waals surface area contributed by atoms with Crippen molar-refractivity contribution < 1.29 is 4.79 Å². The molecule has 0 radical (unpaired) electrons. The molecule has 0 aliphatic heterocycles. The summed E-state index contributed by atoms with van der Waals surface area (Å²) in [6.45, 7) is 3.92. The second-order valence-electron chi connectivity index (χ2n) is 6.50. The summed E-state index contributed by atoms with van der Waals surface area (Å²) in [6, 6.07) is 11.4. The summed E-state index contributed by atoms with van der Waals surface area (Å²) in [6.07, 6.45) is 2.35. The maximum Gasteiger partial charge on any atom is 0.276 e. The van der Waals surface area contributed by atoms with Crippen LogP contribution in [0.1, 0.15) is 46.3 Å². The van der Waals surface area contributed by atoms with Crippen LogP contribution < -0.4 is 5.32 Å². The number of hydrogen-bond donors (Lipinski definition) is 2. The molecule has 2 N–H and O–H groups in total. The maximum absolute atomic E-state index is 12.3. The number of hydrogen-bond acceptors (Lipinski definition) is 5. The van der Waals surface area contributed by atoms with Gasteiger partial charge in [0.1, 0.15) is 0 Å². The van der Waals surface area contributed by atoms with Gasteiger partial charge in [0.15, 0.2) is 10.9 Å². The molecule has 1 fully saturated rings. The lowest BCUT2D eigenvalue weighted by molar-refractivity contribution is 0.102. The third kappa shape index (κ3) is 3.94. The molecule has 0 bridgehead atoms. The van der Waals surface area contributed by atoms with E-state index in [2.05, 4.69) is 25.5 Å². The lowest BCUT2D eigenvalue weighted by Crippen LogP contribution is -2.12. The lowest BCUT2D eigenvalue weighted by Gasteiger charge is -2.06. The van der Waals surface area contributed by atoms with Crippen LogP contribution in [0.25, 0.3) is 0 Å². The van der Waals surface area contributed by atoms with Gasteiger partial charge in [-0.05, 0) is 74.8 Å². The first-order chi connectivity index (χ1) is 12.6. The summed E-state index contributed by atoms with van der Waals surface area (Å²) >= 11 is 1.50. The number of benzene rings is 1. The van der Waals surface area contributed by atoms with Gasteiger partial charge in [0.05, 0.1) is 0 Å². The van der Waals surface area contributed by atoms with Gasteiger partial charge >= 0.3 is 0 Å². The van der Waals surface area contributed by atoms with Gasteiger partial charge in [-0.15, -0.1) is 0 Å². The van der Waals surface area contributed by atoms with E-state index in [-0.39, 0.29) is 5.91 Å². The highest BCUT2D eigenvalue weighted by molar-refractivity contribution is 7.99. The van der Waals surface area contributed by atoms with Crippen molar-refractivity contribution in [2.24, 2.45) is 0 Å². The molecule has 0 spiro atoms. The zero-order valence-electron chi connectivity index (χ0n) is 14.6. The molecule has 1 aromatic carbocycles. The van der Waals surface area contributed by atoms with E-state index in [0.29, 0.717) is 11.6 Å². The summed E-state index contributed by atoms with van der Waals surface area (Å²) in [4.78, 5) is 22.2. The topological polar surface area (TPSA) is 83.6 Å². The van der Waals surface area contributed by atoms with Gasteiger partial charge in [0.2, 0.25) is 0 Å². The summed E-state index contributed by atoms with van der Waals surface area (Å²) < 4.78 is 0. The maximum atomic E-state index is 12.3. The molecule has 1 saturated carbocycles. The van der Waals surface area contributed by atoms with Crippen molar-refractivity contribution in [3.63, 3.8) is 0 Å². The number of aromatic nitrogens is 4. The third-order valence-electron chi connectivity index (χ3n) is 4.13. The van der Waals surface area contributed by atoms with Crippen LogP contribution in [0, 0.1) is 13.8 Å². The first-order valence-corrected chi connectivity index (χ1v) is 9.35. The highest BCUT2D eigenvalue weighted by Gasteiger charge is 2.26. The molecule has 0 atom stereocenters. The van der Waals surface area contributed by atoms with E-state index < -0.39 is 0 Å². The van der Waals surface area contributed by atoms with Crippen molar-refractivity contribution in [1.29, 1.82) is 0 Å². The molecule has 26 heavy (non-hydrogen) atoms. The number of rotatable bonds is 5. The Labute approximate surface area is 155 Å². The summed E-state index contributed by atoms with van der Waals surface area (Å²) in [5, 5.41) is 10.7. The van der Waals surface area contributed by atoms with Gasteiger partial charge in [-0.3, -0.25) is 9.89 Å². The fourth-order valence-electron chi connectivity index (χ4n) is 2.70. The second-order valence-corrected chi connectivity index (χ2v) is 7.54. The van der Waals surface area contributed by atoms with Gasteiger partial charge in [-0.2, -0.15) is 5.10 Å². The van der Waals surface area contributed by atoms with E-state index in [1.807, 2.05) is 50.2 Å². The minimum atomic E-state index is -0.203.